The van der Waals surface area contributed by atoms with Gasteiger partial charge in [-0.15, -0.1) is 0 Å². The zero-order chi connectivity index (χ0) is 23.8. The van der Waals surface area contributed by atoms with Gasteiger partial charge in [-0.2, -0.15) is 0 Å². The number of amides is 1. The highest BCUT2D eigenvalue weighted by Crippen LogP contribution is 2.37. The number of carbonyl (C=O) groups is 1. The van der Waals surface area contributed by atoms with Crippen LogP contribution in [-0.2, 0) is 11.3 Å². The maximum absolute atomic E-state index is 14.2. The van der Waals surface area contributed by atoms with Crippen LogP contribution in [0.3, 0.4) is 0 Å². The number of hydrogen-bond donors (Lipinski definition) is 0. The second kappa shape index (κ2) is 8.85. The minimum Gasteiger partial charge on any atom is -0.342 e. The van der Waals surface area contributed by atoms with Gasteiger partial charge in [-0.3, -0.25) is 19.8 Å². The predicted octanol–water partition coefficient (Wildman–Crippen LogP) is 6.14. The van der Waals surface area contributed by atoms with Gasteiger partial charge in [-0.25, -0.2) is 4.39 Å². The summed E-state index contributed by atoms with van der Waals surface area (Å²) in [7, 11) is 0. The summed E-state index contributed by atoms with van der Waals surface area (Å²) in [6, 6.07) is 20.1. The quantitative estimate of drug-likeness (QED) is 0.146. The average molecular weight is 490 g/mol. The smallest absolute Gasteiger partial charge is 0.270 e. The largest absolute Gasteiger partial charge is 0.342 e. The molecule has 0 saturated carbocycles. The summed E-state index contributed by atoms with van der Waals surface area (Å²) in [6.45, 7) is 0.352. The van der Waals surface area contributed by atoms with Crippen molar-refractivity contribution in [3.63, 3.8) is 0 Å². The molecule has 1 saturated heterocycles. The third-order valence-electron chi connectivity index (χ3n) is 5.52. The summed E-state index contributed by atoms with van der Waals surface area (Å²) in [6.07, 6.45) is 3.68. The van der Waals surface area contributed by atoms with Crippen molar-refractivity contribution >= 4 is 62.6 Å². The molecule has 34 heavy (non-hydrogen) atoms. The molecule has 0 spiro atoms. The molecule has 3 aromatic carbocycles. The Bertz CT molecular complexity index is 1500. The molecule has 0 atom stereocenters. The van der Waals surface area contributed by atoms with Crippen LogP contribution in [0.15, 0.2) is 83.9 Å². The Balaban J connectivity index is 1.50. The van der Waals surface area contributed by atoms with E-state index >= 15 is 0 Å². The van der Waals surface area contributed by atoms with Gasteiger partial charge in [0.25, 0.3) is 11.6 Å². The molecule has 0 N–H and O–H groups in total. The number of thiocarbonyl (C=S) groups is 1. The van der Waals surface area contributed by atoms with E-state index in [-0.39, 0.29) is 17.4 Å². The van der Waals surface area contributed by atoms with Crippen molar-refractivity contribution in [2.75, 3.05) is 4.90 Å². The number of halogens is 1. The molecule has 0 aliphatic carbocycles. The molecule has 1 fully saturated rings. The van der Waals surface area contributed by atoms with Crippen LogP contribution in [0.1, 0.15) is 11.1 Å². The monoisotopic (exact) mass is 489 g/mol. The SMILES string of the molecule is O=C1/C(=C\c2cn(Cc3ccccc3F)c3ccccc23)SC(=S)N1c1ccc([N+](=O)[O-])cc1. The van der Waals surface area contributed by atoms with Gasteiger partial charge in [0, 0.05) is 40.4 Å². The second-order valence-corrected chi connectivity index (χ2v) is 9.29. The van der Waals surface area contributed by atoms with E-state index in [0.29, 0.717) is 27.0 Å². The number of benzene rings is 3. The van der Waals surface area contributed by atoms with Gasteiger partial charge in [-0.1, -0.05) is 60.4 Å². The lowest BCUT2D eigenvalue weighted by molar-refractivity contribution is -0.384. The number of para-hydroxylation sites is 1. The molecule has 0 radical (unpaired) electrons. The first-order valence-corrected chi connectivity index (χ1v) is 11.5. The molecule has 1 aromatic heterocycles. The number of hydrogen-bond acceptors (Lipinski definition) is 5. The molecule has 6 nitrogen and oxygen atoms in total. The Labute approximate surface area is 203 Å². The van der Waals surface area contributed by atoms with Gasteiger partial charge in [-0.05, 0) is 30.3 Å². The molecule has 1 aliphatic heterocycles. The zero-order valence-corrected chi connectivity index (χ0v) is 19.2. The van der Waals surface area contributed by atoms with Crippen LogP contribution < -0.4 is 4.90 Å². The molecule has 4 aromatic rings. The summed E-state index contributed by atoms with van der Waals surface area (Å²) in [5, 5.41) is 11.9. The molecule has 0 bridgehead atoms. The first-order chi connectivity index (χ1) is 16.4. The summed E-state index contributed by atoms with van der Waals surface area (Å²) < 4.78 is 16.5. The van der Waals surface area contributed by atoms with Crippen LogP contribution in [0.4, 0.5) is 15.8 Å². The minimum absolute atomic E-state index is 0.0626. The highest BCUT2D eigenvalue weighted by molar-refractivity contribution is 8.27. The number of non-ortho nitro benzene ring substituents is 1. The number of nitro groups is 1. The normalized spacial score (nSPS) is 15.0. The highest BCUT2D eigenvalue weighted by Gasteiger charge is 2.33. The number of fused-ring (bicyclic) bond motifs is 1. The lowest BCUT2D eigenvalue weighted by Crippen LogP contribution is -2.27. The first-order valence-electron chi connectivity index (χ1n) is 10.3. The number of nitro benzene ring substituents is 1. The van der Waals surface area contributed by atoms with Gasteiger partial charge < -0.3 is 4.57 Å². The van der Waals surface area contributed by atoms with Gasteiger partial charge >= 0.3 is 0 Å². The standard InChI is InChI=1S/C25H16FN3O3S2/c26-21-7-3-1-5-16(21)14-27-15-17(20-6-2-4-8-22(20)27)13-23-24(30)28(25(33)34-23)18-9-11-19(12-10-18)29(31)32/h1-13,15H,14H2/b23-13+. The van der Waals surface area contributed by atoms with E-state index < -0.39 is 4.92 Å². The van der Waals surface area contributed by atoms with Crippen molar-refractivity contribution in [2.45, 2.75) is 6.54 Å². The Morgan fingerprint density at radius 2 is 1.74 bits per heavy atom. The van der Waals surface area contributed by atoms with Crippen LogP contribution in [-0.4, -0.2) is 19.7 Å². The Kier molecular flexibility index (Phi) is 5.72. The number of aromatic nitrogens is 1. The van der Waals surface area contributed by atoms with E-state index in [1.165, 1.54) is 47.0 Å². The molecular formula is C25H16FN3O3S2. The van der Waals surface area contributed by atoms with Crippen molar-refractivity contribution in [3.05, 3.63) is 111 Å². The summed E-state index contributed by atoms with van der Waals surface area (Å²) >= 11 is 6.60. The summed E-state index contributed by atoms with van der Waals surface area (Å²) in [4.78, 5) is 25.4. The third-order valence-corrected chi connectivity index (χ3v) is 6.82. The van der Waals surface area contributed by atoms with E-state index in [0.717, 1.165) is 16.5 Å². The van der Waals surface area contributed by atoms with Gasteiger partial charge in [0.15, 0.2) is 4.32 Å². The van der Waals surface area contributed by atoms with E-state index in [2.05, 4.69) is 0 Å². The number of rotatable bonds is 5. The second-order valence-electron chi connectivity index (χ2n) is 7.61. The van der Waals surface area contributed by atoms with Crippen LogP contribution in [0.25, 0.3) is 17.0 Å². The summed E-state index contributed by atoms with van der Waals surface area (Å²) in [5.74, 6) is -0.569. The number of anilines is 1. The van der Waals surface area contributed by atoms with Crippen molar-refractivity contribution in [3.8, 4) is 0 Å². The van der Waals surface area contributed by atoms with E-state index in [1.54, 1.807) is 24.3 Å². The van der Waals surface area contributed by atoms with Gasteiger partial charge in [0.1, 0.15) is 5.82 Å². The molecule has 5 rings (SSSR count). The molecular weight excluding hydrogens is 473 g/mol. The van der Waals surface area contributed by atoms with Crippen molar-refractivity contribution in [1.29, 1.82) is 0 Å². The maximum atomic E-state index is 14.2. The zero-order valence-electron chi connectivity index (χ0n) is 17.6. The van der Waals surface area contributed by atoms with E-state index in [4.69, 9.17) is 12.2 Å². The molecule has 168 valence electrons. The topological polar surface area (TPSA) is 68.4 Å². The highest BCUT2D eigenvalue weighted by atomic mass is 32.2. The first kappa shape index (κ1) is 22.0. The average Bonchev–Trinajstić information content (AvgIpc) is 3.32. The van der Waals surface area contributed by atoms with Gasteiger partial charge in [0.05, 0.1) is 22.1 Å². The van der Waals surface area contributed by atoms with Gasteiger partial charge in [0.2, 0.25) is 0 Å². The fourth-order valence-corrected chi connectivity index (χ4v) is 5.18. The lowest BCUT2D eigenvalue weighted by Gasteiger charge is -2.13. The van der Waals surface area contributed by atoms with Crippen molar-refractivity contribution in [1.82, 2.24) is 4.57 Å². The van der Waals surface area contributed by atoms with Crippen LogP contribution in [0, 0.1) is 15.9 Å². The molecule has 2 heterocycles. The minimum atomic E-state index is -0.495. The Hall–Kier alpha value is -3.82. The molecule has 0 unspecified atom stereocenters. The summed E-state index contributed by atoms with van der Waals surface area (Å²) in [5.41, 5.74) is 2.71. The Morgan fingerprint density at radius 3 is 2.47 bits per heavy atom. The molecule has 1 amide bonds. The number of carbonyl (C=O) groups excluding carboxylic acids is 1. The fraction of sp³-hybridized carbons (Fsp3) is 0.0400. The number of thioether (sulfide) groups is 1. The van der Waals surface area contributed by atoms with Crippen molar-refractivity contribution < 1.29 is 14.1 Å². The predicted molar refractivity (Wildman–Crippen MR) is 136 cm³/mol. The van der Waals surface area contributed by atoms with Crippen LogP contribution >= 0.6 is 24.0 Å². The lowest BCUT2D eigenvalue weighted by atomic mass is 10.1. The maximum Gasteiger partial charge on any atom is 0.270 e. The number of nitrogens with zero attached hydrogens (tertiary/aromatic N) is 3. The van der Waals surface area contributed by atoms with E-state index in [9.17, 15) is 19.3 Å². The van der Waals surface area contributed by atoms with Crippen molar-refractivity contribution in [2.24, 2.45) is 0 Å². The van der Waals surface area contributed by atoms with Crippen LogP contribution in [0.5, 0.6) is 0 Å². The molecule has 1 aliphatic rings. The molecule has 9 heteroatoms. The fourth-order valence-electron chi connectivity index (χ4n) is 3.89. The Morgan fingerprint density at radius 1 is 1.03 bits per heavy atom. The van der Waals surface area contributed by atoms with Crippen LogP contribution in [0.2, 0.25) is 0 Å². The third kappa shape index (κ3) is 4.00. The van der Waals surface area contributed by atoms with E-state index in [1.807, 2.05) is 35.0 Å².